The van der Waals surface area contributed by atoms with Crippen LogP contribution in [0.15, 0.2) is 60.7 Å². The summed E-state index contributed by atoms with van der Waals surface area (Å²) in [5.41, 5.74) is 0.571. The fourth-order valence-corrected chi connectivity index (χ4v) is 1.77. The van der Waals surface area contributed by atoms with Crippen LogP contribution in [0.3, 0.4) is 0 Å². The molecule has 0 aliphatic rings. The van der Waals surface area contributed by atoms with Crippen molar-refractivity contribution in [3.8, 4) is 11.5 Å². The molecule has 0 spiro atoms. The van der Waals surface area contributed by atoms with E-state index >= 15 is 0 Å². The van der Waals surface area contributed by atoms with Crippen molar-refractivity contribution in [2.45, 2.75) is 13.8 Å². The highest BCUT2D eigenvalue weighted by atomic mass is 16.5. The van der Waals surface area contributed by atoms with E-state index in [2.05, 4.69) is 13.2 Å². The molecule has 0 amide bonds. The van der Waals surface area contributed by atoms with Gasteiger partial charge < -0.3 is 9.47 Å². The van der Waals surface area contributed by atoms with Gasteiger partial charge in [-0.15, -0.1) is 0 Å². The molecule has 0 N–H and O–H groups in total. The van der Waals surface area contributed by atoms with Crippen LogP contribution in [0.5, 0.6) is 11.5 Å². The standard InChI is InChI=1S/C18H16O4/c1-11(2)17(19)21-14-9-13-7-5-6-8-15(13)16(10-14)22-18(20)12(3)4/h5-10H,1,3H2,2,4H3. The Hall–Kier alpha value is -2.88. The number of ether oxygens (including phenoxy) is 2. The molecule has 0 unspecified atom stereocenters. The minimum Gasteiger partial charge on any atom is -0.423 e. The lowest BCUT2D eigenvalue weighted by molar-refractivity contribution is -0.130. The first-order valence-corrected chi connectivity index (χ1v) is 6.66. The minimum atomic E-state index is -0.535. The van der Waals surface area contributed by atoms with Gasteiger partial charge in [0.25, 0.3) is 0 Å². The van der Waals surface area contributed by atoms with E-state index in [0.717, 1.165) is 10.8 Å². The summed E-state index contributed by atoms with van der Waals surface area (Å²) in [6.45, 7) is 10.2. The van der Waals surface area contributed by atoms with E-state index in [1.165, 1.54) is 6.07 Å². The Morgan fingerprint density at radius 2 is 1.50 bits per heavy atom. The molecule has 0 aromatic heterocycles. The molecule has 0 fully saturated rings. The Kier molecular flexibility index (Phi) is 4.41. The Bertz CT molecular complexity index is 787. The van der Waals surface area contributed by atoms with Crippen molar-refractivity contribution in [3.05, 3.63) is 60.7 Å². The lowest BCUT2D eigenvalue weighted by atomic mass is 10.1. The Balaban J connectivity index is 2.47. The second kappa shape index (κ2) is 6.26. The number of esters is 2. The summed E-state index contributed by atoms with van der Waals surface area (Å²) >= 11 is 0. The number of carbonyl (C=O) groups is 2. The molecule has 0 atom stereocenters. The summed E-state index contributed by atoms with van der Waals surface area (Å²) in [7, 11) is 0. The number of fused-ring (bicyclic) bond motifs is 1. The van der Waals surface area contributed by atoms with Gasteiger partial charge in [-0.25, -0.2) is 9.59 Å². The molecule has 0 saturated heterocycles. The van der Waals surface area contributed by atoms with Crippen LogP contribution in [0, 0.1) is 0 Å². The fraction of sp³-hybridized carbons (Fsp3) is 0.111. The normalized spacial score (nSPS) is 10.1. The second-order valence-corrected chi connectivity index (χ2v) is 4.98. The molecule has 4 heteroatoms. The molecule has 2 aromatic carbocycles. The smallest absolute Gasteiger partial charge is 0.338 e. The minimum absolute atomic E-state index is 0.286. The zero-order valence-corrected chi connectivity index (χ0v) is 12.5. The number of hydrogen-bond acceptors (Lipinski definition) is 4. The van der Waals surface area contributed by atoms with Crippen molar-refractivity contribution in [3.63, 3.8) is 0 Å². The quantitative estimate of drug-likeness (QED) is 0.489. The van der Waals surface area contributed by atoms with Gasteiger partial charge in [-0.3, -0.25) is 0 Å². The Morgan fingerprint density at radius 1 is 0.909 bits per heavy atom. The first-order valence-electron chi connectivity index (χ1n) is 6.66. The van der Waals surface area contributed by atoms with Gasteiger partial charge in [-0.05, 0) is 25.3 Å². The summed E-state index contributed by atoms with van der Waals surface area (Å²) in [5.74, 6) is -0.465. The number of hydrogen-bond donors (Lipinski definition) is 0. The molecule has 2 aromatic rings. The molecule has 112 valence electrons. The highest BCUT2D eigenvalue weighted by molar-refractivity contribution is 5.96. The summed E-state index contributed by atoms with van der Waals surface area (Å²) in [4.78, 5) is 23.4. The first-order chi connectivity index (χ1) is 10.4. The summed E-state index contributed by atoms with van der Waals surface area (Å²) in [6, 6.07) is 10.5. The lowest BCUT2D eigenvalue weighted by Crippen LogP contribution is -2.10. The molecule has 22 heavy (non-hydrogen) atoms. The van der Waals surface area contributed by atoms with Gasteiger partial charge in [-0.1, -0.05) is 37.4 Å². The number of rotatable bonds is 4. The largest absolute Gasteiger partial charge is 0.423 e. The average Bonchev–Trinajstić information content (AvgIpc) is 2.46. The van der Waals surface area contributed by atoms with Crippen LogP contribution in [0.4, 0.5) is 0 Å². The van der Waals surface area contributed by atoms with Crippen LogP contribution in [-0.4, -0.2) is 11.9 Å². The van der Waals surface area contributed by atoms with Crippen LogP contribution in [0.25, 0.3) is 10.8 Å². The van der Waals surface area contributed by atoms with E-state index in [0.29, 0.717) is 5.75 Å². The molecule has 0 heterocycles. The summed E-state index contributed by atoms with van der Waals surface area (Å²) < 4.78 is 10.5. The molecule has 0 saturated carbocycles. The average molecular weight is 296 g/mol. The van der Waals surface area contributed by atoms with Gasteiger partial charge in [0.15, 0.2) is 0 Å². The third-order valence-corrected chi connectivity index (χ3v) is 2.91. The fourth-order valence-electron chi connectivity index (χ4n) is 1.77. The van der Waals surface area contributed by atoms with Crippen LogP contribution in [0.2, 0.25) is 0 Å². The molecule has 0 radical (unpaired) electrons. The van der Waals surface area contributed by atoms with Gasteiger partial charge in [-0.2, -0.15) is 0 Å². The molecule has 4 nitrogen and oxygen atoms in total. The van der Waals surface area contributed by atoms with Crippen molar-refractivity contribution in [1.29, 1.82) is 0 Å². The second-order valence-electron chi connectivity index (χ2n) is 4.98. The maximum atomic E-state index is 11.8. The molecule has 0 aliphatic heterocycles. The van der Waals surface area contributed by atoms with Crippen molar-refractivity contribution in [2.75, 3.05) is 0 Å². The van der Waals surface area contributed by atoms with E-state index in [9.17, 15) is 9.59 Å². The highest BCUT2D eigenvalue weighted by Crippen LogP contribution is 2.32. The van der Waals surface area contributed by atoms with Crippen molar-refractivity contribution in [1.82, 2.24) is 0 Å². The predicted molar refractivity (Wildman–Crippen MR) is 84.8 cm³/mol. The first kappa shape index (κ1) is 15.5. The monoisotopic (exact) mass is 296 g/mol. The summed E-state index contributed by atoms with van der Waals surface area (Å²) in [6.07, 6.45) is 0. The van der Waals surface area contributed by atoms with E-state index in [-0.39, 0.29) is 16.9 Å². The Morgan fingerprint density at radius 3 is 2.14 bits per heavy atom. The van der Waals surface area contributed by atoms with E-state index in [1.54, 1.807) is 19.9 Å². The van der Waals surface area contributed by atoms with E-state index < -0.39 is 11.9 Å². The lowest BCUT2D eigenvalue weighted by Gasteiger charge is -2.11. The van der Waals surface area contributed by atoms with Gasteiger partial charge in [0.05, 0.1) is 0 Å². The van der Waals surface area contributed by atoms with Gasteiger partial charge >= 0.3 is 11.9 Å². The zero-order chi connectivity index (χ0) is 16.3. The highest BCUT2D eigenvalue weighted by Gasteiger charge is 2.13. The van der Waals surface area contributed by atoms with E-state index in [4.69, 9.17) is 9.47 Å². The van der Waals surface area contributed by atoms with Gasteiger partial charge in [0, 0.05) is 22.6 Å². The SMILES string of the molecule is C=C(C)C(=O)Oc1cc(OC(=O)C(=C)C)c2ccccc2c1. The van der Waals surface area contributed by atoms with Crippen LogP contribution in [0.1, 0.15) is 13.8 Å². The van der Waals surface area contributed by atoms with Gasteiger partial charge in [0.2, 0.25) is 0 Å². The van der Waals surface area contributed by atoms with Crippen molar-refractivity contribution in [2.24, 2.45) is 0 Å². The molecular formula is C18H16O4. The third kappa shape index (κ3) is 3.41. The maximum absolute atomic E-state index is 11.8. The number of carbonyl (C=O) groups excluding carboxylic acids is 2. The van der Waals surface area contributed by atoms with Gasteiger partial charge in [0.1, 0.15) is 11.5 Å². The Labute approximate surface area is 128 Å². The molecule has 2 rings (SSSR count). The maximum Gasteiger partial charge on any atom is 0.338 e. The van der Waals surface area contributed by atoms with Crippen LogP contribution < -0.4 is 9.47 Å². The van der Waals surface area contributed by atoms with Crippen LogP contribution in [-0.2, 0) is 9.59 Å². The molecular weight excluding hydrogens is 280 g/mol. The molecule has 0 bridgehead atoms. The zero-order valence-electron chi connectivity index (χ0n) is 12.5. The van der Waals surface area contributed by atoms with Crippen LogP contribution >= 0.6 is 0 Å². The predicted octanol–water partition coefficient (Wildman–Crippen LogP) is 3.80. The number of benzene rings is 2. The van der Waals surface area contributed by atoms with E-state index in [1.807, 2.05) is 24.3 Å². The molecule has 0 aliphatic carbocycles. The van der Waals surface area contributed by atoms with Crippen molar-refractivity contribution >= 4 is 22.7 Å². The topological polar surface area (TPSA) is 52.6 Å². The van der Waals surface area contributed by atoms with Crippen molar-refractivity contribution < 1.29 is 19.1 Å². The third-order valence-electron chi connectivity index (χ3n) is 2.91. The summed E-state index contributed by atoms with van der Waals surface area (Å²) in [5, 5.41) is 1.53.